The average molecular weight is 287 g/mol. The fourth-order valence-corrected chi connectivity index (χ4v) is 2.38. The summed E-state index contributed by atoms with van der Waals surface area (Å²) in [6.07, 6.45) is 0. The first-order valence-corrected chi connectivity index (χ1v) is 6.87. The number of nitrogens with one attached hydrogen (secondary N) is 1. The fourth-order valence-electron chi connectivity index (χ4n) is 2.38. The Bertz CT molecular complexity index is 602. The summed E-state index contributed by atoms with van der Waals surface area (Å²) in [5.41, 5.74) is 3.34. The number of phenolic OH excluding ortho intramolecular Hbond substituents is 1. The lowest BCUT2D eigenvalue weighted by molar-refractivity contribution is 0.276. The largest absolute Gasteiger partial charge is 0.507 e. The monoisotopic (exact) mass is 287 g/mol. The molecule has 112 valence electrons. The summed E-state index contributed by atoms with van der Waals surface area (Å²) in [4.78, 5) is 0. The molecular formula is C17H21NO3. The Balaban J connectivity index is 2.32. The van der Waals surface area contributed by atoms with Crippen molar-refractivity contribution in [3.05, 3.63) is 53.1 Å². The highest BCUT2D eigenvalue weighted by molar-refractivity contribution is 5.58. The molecule has 0 fully saturated rings. The molecule has 2 aromatic carbocycles. The van der Waals surface area contributed by atoms with Crippen molar-refractivity contribution in [3.63, 3.8) is 0 Å². The molecule has 4 heteroatoms. The number of methoxy groups -OCH3 is 1. The van der Waals surface area contributed by atoms with Gasteiger partial charge in [-0.05, 0) is 42.7 Å². The van der Waals surface area contributed by atoms with Gasteiger partial charge in [0.25, 0.3) is 0 Å². The fraction of sp³-hybridized carbons (Fsp3) is 0.294. The van der Waals surface area contributed by atoms with Gasteiger partial charge in [0.05, 0.1) is 25.4 Å². The number of ether oxygens (including phenoxy) is 1. The first-order chi connectivity index (χ1) is 10.1. The summed E-state index contributed by atoms with van der Waals surface area (Å²) in [7, 11) is 1.61. The zero-order valence-corrected chi connectivity index (χ0v) is 12.6. The molecule has 2 rings (SSSR count). The van der Waals surface area contributed by atoms with E-state index in [9.17, 15) is 10.2 Å². The number of para-hydroxylation sites is 2. The summed E-state index contributed by atoms with van der Waals surface area (Å²) < 4.78 is 5.31. The van der Waals surface area contributed by atoms with Crippen LogP contribution < -0.4 is 10.1 Å². The van der Waals surface area contributed by atoms with E-state index < -0.39 is 0 Å². The van der Waals surface area contributed by atoms with Crippen molar-refractivity contribution in [1.29, 1.82) is 0 Å². The second kappa shape index (κ2) is 6.50. The van der Waals surface area contributed by atoms with E-state index in [1.54, 1.807) is 7.11 Å². The number of aromatic hydroxyl groups is 1. The van der Waals surface area contributed by atoms with Crippen molar-refractivity contribution in [2.24, 2.45) is 0 Å². The van der Waals surface area contributed by atoms with Crippen molar-refractivity contribution < 1.29 is 14.9 Å². The highest BCUT2D eigenvalue weighted by Gasteiger charge is 2.15. The van der Waals surface area contributed by atoms with E-state index in [-0.39, 0.29) is 12.6 Å². The maximum absolute atomic E-state index is 9.85. The Kier molecular flexibility index (Phi) is 4.70. The molecule has 2 aromatic rings. The Morgan fingerprint density at radius 1 is 1.14 bits per heavy atom. The van der Waals surface area contributed by atoms with Gasteiger partial charge >= 0.3 is 0 Å². The van der Waals surface area contributed by atoms with E-state index in [1.807, 2.05) is 50.2 Å². The smallest absolute Gasteiger partial charge is 0.141 e. The molecule has 0 saturated carbocycles. The molecule has 21 heavy (non-hydrogen) atoms. The Labute approximate surface area is 125 Å². The molecule has 0 heterocycles. The van der Waals surface area contributed by atoms with Crippen molar-refractivity contribution in [1.82, 2.24) is 0 Å². The number of aliphatic hydroxyl groups excluding tert-OH is 1. The van der Waals surface area contributed by atoms with E-state index in [4.69, 9.17) is 4.74 Å². The van der Waals surface area contributed by atoms with Gasteiger partial charge in [-0.2, -0.15) is 0 Å². The van der Waals surface area contributed by atoms with Crippen molar-refractivity contribution >= 4 is 5.69 Å². The van der Waals surface area contributed by atoms with Crippen LogP contribution in [0, 0.1) is 13.8 Å². The molecular weight excluding hydrogens is 266 g/mol. The lowest BCUT2D eigenvalue weighted by Crippen LogP contribution is -2.15. The standard InChI is InChI=1S/C17H21NO3/c1-11-8-13(9-12(2)17(11)20)15(10-19)18-14-6-4-5-7-16(14)21-3/h4-9,15,18-20H,10H2,1-3H3. The minimum absolute atomic E-state index is 0.0539. The number of hydrogen-bond acceptors (Lipinski definition) is 4. The lowest BCUT2D eigenvalue weighted by atomic mass is 10.0. The number of anilines is 1. The number of aliphatic hydroxyl groups is 1. The molecule has 0 spiro atoms. The van der Waals surface area contributed by atoms with Gasteiger partial charge in [0.2, 0.25) is 0 Å². The first kappa shape index (κ1) is 15.2. The van der Waals surface area contributed by atoms with Gasteiger partial charge in [-0.3, -0.25) is 0 Å². The van der Waals surface area contributed by atoms with Gasteiger partial charge in [0, 0.05) is 0 Å². The van der Waals surface area contributed by atoms with Crippen LogP contribution in [-0.4, -0.2) is 23.9 Å². The summed E-state index contributed by atoms with van der Waals surface area (Å²) >= 11 is 0. The molecule has 0 aliphatic heterocycles. The van der Waals surface area contributed by atoms with Crippen LogP contribution in [0.3, 0.4) is 0 Å². The Morgan fingerprint density at radius 3 is 2.33 bits per heavy atom. The van der Waals surface area contributed by atoms with Gasteiger partial charge < -0.3 is 20.3 Å². The molecule has 1 atom stereocenters. The number of phenols is 1. The maximum Gasteiger partial charge on any atom is 0.141 e. The second-order valence-corrected chi connectivity index (χ2v) is 5.08. The van der Waals surface area contributed by atoms with E-state index in [1.165, 1.54) is 0 Å². The van der Waals surface area contributed by atoms with Crippen LogP contribution in [-0.2, 0) is 0 Å². The van der Waals surface area contributed by atoms with Crippen LogP contribution in [0.5, 0.6) is 11.5 Å². The third kappa shape index (κ3) is 3.28. The Morgan fingerprint density at radius 2 is 1.76 bits per heavy atom. The maximum atomic E-state index is 9.85. The minimum atomic E-state index is -0.265. The van der Waals surface area contributed by atoms with Gasteiger partial charge in [0.15, 0.2) is 0 Å². The predicted octanol–water partition coefficient (Wildman–Crippen LogP) is 3.16. The van der Waals surface area contributed by atoms with E-state index in [0.717, 1.165) is 28.1 Å². The molecule has 0 amide bonds. The summed E-state index contributed by atoms with van der Waals surface area (Å²) in [5, 5.41) is 22.8. The van der Waals surface area contributed by atoms with E-state index >= 15 is 0 Å². The third-order valence-corrected chi connectivity index (χ3v) is 3.54. The van der Waals surface area contributed by atoms with Crippen LogP contribution in [0.15, 0.2) is 36.4 Å². The van der Waals surface area contributed by atoms with Gasteiger partial charge in [-0.15, -0.1) is 0 Å². The topological polar surface area (TPSA) is 61.7 Å². The van der Waals surface area contributed by atoms with Crippen molar-refractivity contribution in [3.8, 4) is 11.5 Å². The predicted molar refractivity (Wildman–Crippen MR) is 84.0 cm³/mol. The summed E-state index contributed by atoms with van der Waals surface area (Å²) in [6.45, 7) is 3.65. The normalized spacial score (nSPS) is 12.0. The highest BCUT2D eigenvalue weighted by atomic mass is 16.5. The minimum Gasteiger partial charge on any atom is -0.507 e. The number of aryl methyl sites for hydroxylation is 2. The summed E-state index contributed by atoms with van der Waals surface area (Å²) in [6, 6.07) is 11.1. The lowest BCUT2D eigenvalue weighted by Gasteiger charge is -2.21. The van der Waals surface area contributed by atoms with Crippen molar-refractivity contribution in [2.45, 2.75) is 19.9 Å². The molecule has 1 unspecified atom stereocenters. The molecule has 0 bridgehead atoms. The molecule has 0 aromatic heterocycles. The number of hydrogen-bond donors (Lipinski definition) is 3. The van der Waals surface area contributed by atoms with E-state index in [0.29, 0.717) is 5.75 Å². The highest BCUT2D eigenvalue weighted by Crippen LogP contribution is 2.30. The average Bonchev–Trinajstić information content (AvgIpc) is 2.50. The van der Waals surface area contributed by atoms with Crippen LogP contribution in [0.4, 0.5) is 5.69 Å². The van der Waals surface area contributed by atoms with Crippen LogP contribution >= 0.6 is 0 Å². The molecule has 3 N–H and O–H groups in total. The van der Waals surface area contributed by atoms with Crippen LogP contribution in [0.2, 0.25) is 0 Å². The molecule has 0 radical (unpaired) electrons. The zero-order valence-electron chi connectivity index (χ0n) is 12.6. The zero-order chi connectivity index (χ0) is 15.4. The molecule has 4 nitrogen and oxygen atoms in total. The quantitative estimate of drug-likeness (QED) is 0.790. The van der Waals surface area contributed by atoms with Gasteiger partial charge in [-0.1, -0.05) is 24.3 Å². The van der Waals surface area contributed by atoms with Crippen LogP contribution in [0.1, 0.15) is 22.7 Å². The SMILES string of the molecule is COc1ccccc1NC(CO)c1cc(C)c(O)c(C)c1. The summed E-state index contributed by atoms with van der Waals surface area (Å²) in [5.74, 6) is 1.02. The second-order valence-electron chi connectivity index (χ2n) is 5.08. The van der Waals surface area contributed by atoms with Gasteiger partial charge in [-0.25, -0.2) is 0 Å². The Hall–Kier alpha value is -2.20. The molecule has 0 aliphatic rings. The third-order valence-electron chi connectivity index (χ3n) is 3.54. The number of rotatable bonds is 5. The van der Waals surface area contributed by atoms with Gasteiger partial charge in [0.1, 0.15) is 11.5 Å². The molecule has 0 aliphatic carbocycles. The van der Waals surface area contributed by atoms with E-state index in [2.05, 4.69) is 5.32 Å². The molecule has 0 saturated heterocycles. The number of benzene rings is 2. The van der Waals surface area contributed by atoms with Crippen LogP contribution in [0.25, 0.3) is 0 Å². The first-order valence-electron chi connectivity index (χ1n) is 6.87. The van der Waals surface area contributed by atoms with Crippen molar-refractivity contribution in [2.75, 3.05) is 19.0 Å².